The fourth-order valence-electron chi connectivity index (χ4n) is 3.23. The Labute approximate surface area is 120 Å². The van der Waals surface area contributed by atoms with E-state index in [-0.39, 0.29) is 12.1 Å². The number of nitrogens with zero attached hydrogens (tertiary/aromatic N) is 3. The molecule has 20 heavy (non-hydrogen) atoms. The first kappa shape index (κ1) is 15.1. The lowest BCUT2D eigenvalue weighted by molar-refractivity contribution is -0.143. The van der Waals surface area contributed by atoms with Crippen LogP contribution in [0.3, 0.4) is 0 Å². The molecule has 0 radical (unpaired) electrons. The molecular formula is C14H25N3O3. The molecule has 2 saturated heterocycles. The number of hydrogen-bond acceptors (Lipinski definition) is 3. The third-order valence-electron chi connectivity index (χ3n) is 4.48. The first-order valence-electron chi connectivity index (χ1n) is 7.45. The lowest BCUT2D eigenvalue weighted by Crippen LogP contribution is -2.56. The highest BCUT2D eigenvalue weighted by atomic mass is 16.4. The minimum atomic E-state index is -0.882. The third-order valence-corrected chi connectivity index (χ3v) is 4.48. The molecule has 2 amide bonds. The summed E-state index contributed by atoms with van der Waals surface area (Å²) in [6.45, 7) is 2.50. The lowest BCUT2D eigenvalue weighted by atomic mass is 10.0. The van der Waals surface area contributed by atoms with E-state index in [1.54, 1.807) is 16.8 Å². The van der Waals surface area contributed by atoms with E-state index in [9.17, 15) is 14.7 Å². The van der Waals surface area contributed by atoms with Crippen LogP contribution in [0.1, 0.15) is 32.1 Å². The van der Waals surface area contributed by atoms with Crippen LogP contribution in [-0.4, -0.2) is 77.6 Å². The van der Waals surface area contributed by atoms with Gasteiger partial charge in [-0.1, -0.05) is 0 Å². The summed E-state index contributed by atoms with van der Waals surface area (Å²) in [6.07, 6.45) is 4.43. The molecule has 0 aromatic rings. The van der Waals surface area contributed by atoms with E-state index < -0.39 is 12.0 Å². The molecule has 1 N–H and O–H groups in total. The highest BCUT2D eigenvalue weighted by molar-refractivity contribution is 5.83. The Balaban J connectivity index is 2.02. The van der Waals surface area contributed by atoms with E-state index in [1.807, 2.05) is 0 Å². The van der Waals surface area contributed by atoms with Crippen molar-refractivity contribution in [1.29, 1.82) is 0 Å². The summed E-state index contributed by atoms with van der Waals surface area (Å²) >= 11 is 0. The van der Waals surface area contributed by atoms with E-state index in [4.69, 9.17) is 0 Å². The fourth-order valence-corrected chi connectivity index (χ4v) is 3.23. The number of piperidine rings is 2. The number of likely N-dealkylation sites (tertiary alicyclic amines) is 2. The van der Waals surface area contributed by atoms with Crippen LogP contribution >= 0.6 is 0 Å². The zero-order chi connectivity index (χ0) is 14.7. The zero-order valence-electron chi connectivity index (χ0n) is 12.4. The van der Waals surface area contributed by atoms with Crippen molar-refractivity contribution < 1.29 is 14.7 Å². The minimum Gasteiger partial charge on any atom is -0.480 e. The molecule has 2 aliphatic rings. The second-order valence-corrected chi connectivity index (χ2v) is 5.99. The second kappa shape index (κ2) is 6.43. The van der Waals surface area contributed by atoms with Gasteiger partial charge in [0.2, 0.25) is 0 Å². The van der Waals surface area contributed by atoms with Crippen LogP contribution in [0.25, 0.3) is 0 Å². The predicted molar refractivity (Wildman–Crippen MR) is 75.7 cm³/mol. The highest BCUT2D eigenvalue weighted by Gasteiger charge is 2.35. The SMILES string of the molecule is CN1CCCC(N(C)C(=O)N2CCCCC2C(=O)O)C1. The van der Waals surface area contributed by atoms with Gasteiger partial charge in [0, 0.05) is 26.2 Å². The number of aliphatic carboxylic acids is 1. The molecule has 6 nitrogen and oxygen atoms in total. The van der Waals surface area contributed by atoms with E-state index in [0.29, 0.717) is 13.0 Å². The van der Waals surface area contributed by atoms with Gasteiger partial charge in [-0.3, -0.25) is 0 Å². The van der Waals surface area contributed by atoms with Gasteiger partial charge in [0.15, 0.2) is 0 Å². The average Bonchev–Trinajstić information content (AvgIpc) is 2.45. The van der Waals surface area contributed by atoms with Crippen molar-refractivity contribution >= 4 is 12.0 Å². The Morgan fingerprint density at radius 1 is 1.15 bits per heavy atom. The zero-order valence-corrected chi connectivity index (χ0v) is 12.4. The van der Waals surface area contributed by atoms with Gasteiger partial charge in [-0.15, -0.1) is 0 Å². The fraction of sp³-hybridized carbons (Fsp3) is 0.857. The second-order valence-electron chi connectivity index (χ2n) is 5.99. The van der Waals surface area contributed by atoms with Crippen molar-refractivity contribution in [3.05, 3.63) is 0 Å². The number of rotatable bonds is 2. The number of hydrogen-bond donors (Lipinski definition) is 1. The largest absolute Gasteiger partial charge is 0.480 e. The van der Waals surface area contributed by atoms with Crippen molar-refractivity contribution in [3.63, 3.8) is 0 Å². The number of carboxylic acid groups (broad SMARTS) is 1. The summed E-state index contributed by atoms with van der Waals surface area (Å²) in [5, 5.41) is 9.27. The Morgan fingerprint density at radius 3 is 2.55 bits per heavy atom. The quantitative estimate of drug-likeness (QED) is 0.823. The minimum absolute atomic E-state index is 0.127. The molecule has 2 rings (SSSR count). The Kier molecular flexibility index (Phi) is 4.86. The smallest absolute Gasteiger partial charge is 0.326 e. The lowest BCUT2D eigenvalue weighted by Gasteiger charge is -2.41. The Hall–Kier alpha value is -1.30. The molecule has 6 heteroatoms. The van der Waals surface area contributed by atoms with E-state index in [0.717, 1.165) is 38.8 Å². The number of carboxylic acids is 1. The van der Waals surface area contributed by atoms with Gasteiger partial charge < -0.3 is 19.8 Å². The van der Waals surface area contributed by atoms with Crippen LogP contribution in [0.4, 0.5) is 4.79 Å². The van der Waals surface area contributed by atoms with Gasteiger partial charge in [0.05, 0.1) is 0 Å². The maximum atomic E-state index is 12.6. The number of amides is 2. The van der Waals surface area contributed by atoms with E-state index in [1.165, 1.54) is 0 Å². The standard InChI is InChI=1S/C14H25N3O3/c1-15-8-5-6-11(10-15)16(2)14(20)17-9-4-3-7-12(17)13(18)19/h11-12H,3-10H2,1-2H3,(H,18,19). The van der Waals surface area contributed by atoms with Crippen molar-refractivity contribution in [2.75, 3.05) is 33.7 Å². The first-order valence-corrected chi connectivity index (χ1v) is 7.45. The summed E-state index contributed by atoms with van der Waals surface area (Å²) in [6, 6.07) is -0.588. The van der Waals surface area contributed by atoms with Crippen LogP contribution in [0.15, 0.2) is 0 Å². The van der Waals surface area contributed by atoms with Gasteiger partial charge in [0.1, 0.15) is 6.04 Å². The molecule has 0 aromatic carbocycles. The first-order chi connectivity index (χ1) is 9.50. The summed E-state index contributed by atoms with van der Waals surface area (Å²) in [5.74, 6) is -0.882. The molecule has 2 heterocycles. The van der Waals surface area contributed by atoms with Crippen LogP contribution < -0.4 is 0 Å². The topological polar surface area (TPSA) is 64.1 Å². The van der Waals surface area contributed by atoms with Gasteiger partial charge in [0.25, 0.3) is 0 Å². The van der Waals surface area contributed by atoms with E-state index >= 15 is 0 Å². The normalized spacial score (nSPS) is 28.2. The van der Waals surface area contributed by atoms with Crippen LogP contribution in [0.5, 0.6) is 0 Å². The van der Waals surface area contributed by atoms with Gasteiger partial charge in [-0.05, 0) is 45.7 Å². The van der Waals surface area contributed by atoms with Crippen LogP contribution in [-0.2, 0) is 4.79 Å². The summed E-state index contributed by atoms with van der Waals surface area (Å²) in [4.78, 5) is 29.4. The summed E-state index contributed by atoms with van der Waals surface area (Å²) in [7, 11) is 3.87. The van der Waals surface area contributed by atoms with Crippen molar-refractivity contribution in [1.82, 2.24) is 14.7 Å². The highest BCUT2D eigenvalue weighted by Crippen LogP contribution is 2.21. The molecule has 0 bridgehead atoms. The third kappa shape index (κ3) is 3.23. The van der Waals surface area contributed by atoms with Gasteiger partial charge in [-0.25, -0.2) is 9.59 Å². The molecular weight excluding hydrogens is 258 g/mol. The molecule has 2 atom stereocenters. The van der Waals surface area contributed by atoms with Crippen molar-refractivity contribution in [3.8, 4) is 0 Å². The number of carbonyl (C=O) groups excluding carboxylic acids is 1. The summed E-state index contributed by atoms with van der Waals surface area (Å²) in [5.41, 5.74) is 0. The number of carbonyl (C=O) groups is 2. The molecule has 0 spiro atoms. The molecule has 114 valence electrons. The monoisotopic (exact) mass is 283 g/mol. The maximum Gasteiger partial charge on any atom is 0.326 e. The van der Waals surface area contributed by atoms with Gasteiger partial charge in [-0.2, -0.15) is 0 Å². The maximum absolute atomic E-state index is 12.6. The Bertz CT molecular complexity index is 375. The summed E-state index contributed by atoms with van der Waals surface area (Å²) < 4.78 is 0. The van der Waals surface area contributed by atoms with E-state index in [2.05, 4.69) is 11.9 Å². The van der Waals surface area contributed by atoms with Crippen LogP contribution in [0.2, 0.25) is 0 Å². The van der Waals surface area contributed by atoms with Crippen molar-refractivity contribution in [2.45, 2.75) is 44.2 Å². The average molecular weight is 283 g/mol. The molecule has 0 saturated carbocycles. The van der Waals surface area contributed by atoms with Gasteiger partial charge >= 0.3 is 12.0 Å². The number of likely N-dealkylation sites (N-methyl/N-ethyl adjacent to an activating group) is 2. The molecule has 0 aliphatic carbocycles. The number of urea groups is 1. The van der Waals surface area contributed by atoms with Crippen molar-refractivity contribution in [2.24, 2.45) is 0 Å². The molecule has 2 unspecified atom stereocenters. The Morgan fingerprint density at radius 2 is 1.90 bits per heavy atom. The predicted octanol–water partition coefficient (Wildman–Crippen LogP) is 1.07. The molecule has 2 aliphatic heterocycles. The van der Waals surface area contributed by atoms with Crippen LogP contribution in [0, 0.1) is 0 Å². The molecule has 0 aromatic heterocycles. The molecule has 2 fully saturated rings.